The molecule has 0 bridgehead atoms. The fourth-order valence-corrected chi connectivity index (χ4v) is 4.97. The van der Waals surface area contributed by atoms with E-state index in [2.05, 4.69) is 53.0 Å². The van der Waals surface area contributed by atoms with Crippen LogP contribution in [0.5, 0.6) is 0 Å². The van der Waals surface area contributed by atoms with Gasteiger partial charge >= 0.3 is 0 Å². The second kappa shape index (κ2) is 8.99. The molecule has 0 aliphatic rings. The fraction of sp³-hybridized carbons (Fsp3) is 0.115. The third-order valence-corrected chi connectivity index (χ3v) is 6.72. The topological polar surface area (TPSA) is 115 Å². The summed E-state index contributed by atoms with van der Waals surface area (Å²) < 4.78 is 0. The van der Waals surface area contributed by atoms with Gasteiger partial charge in [-0.3, -0.25) is 24.8 Å². The van der Waals surface area contributed by atoms with Gasteiger partial charge in [-0.1, -0.05) is 6.07 Å². The summed E-state index contributed by atoms with van der Waals surface area (Å²) in [6, 6.07) is 10.1. The van der Waals surface area contributed by atoms with Gasteiger partial charge in [-0.2, -0.15) is 5.10 Å². The Morgan fingerprint density at radius 2 is 1.92 bits per heavy atom. The van der Waals surface area contributed by atoms with E-state index in [1.807, 2.05) is 49.6 Å². The molecule has 0 aromatic carbocycles. The zero-order chi connectivity index (χ0) is 24.6. The van der Waals surface area contributed by atoms with E-state index in [4.69, 9.17) is 0 Å². The zero-order valence-corrected chi connectivity index (χ0v) is 20.4. The van der Waals surface area contributed by atoms with Crippen molar-refractivity contribution in [3.05, 3.63) is 66.7 Å². The Morgan fingerprint density at radius 1 is 1.03 bits per heavy atom. The summed E-state index contributed by atoms with van der Waals surface area (Å²) in [6.45, 7) is 0.293. The number of amides is 1. The van der Waals surface area contributed by atoms with E-state index < -0.39 is 0 Å². The number of aromatic amines is 2. The Hall–Kier alpha value is -4.41. The Bertz CT molecular complexity index is 1700. The molecule has 0 radical (unpaired) electrons. The molecule has 0 aliphatic heterocycles. The Labute approximate surface area is 210 Å². The number of thiophene rings is 1. The maximum Gasteiger partial charge on any atom is 0.238 e. The molecule has 6 aromatic rings. The molecule has 0 aliphatic carbocycles. The molecule has 6 aromatic heterocycles. The highest BCUT2D eigenvalue weighted by atomic mass is 32.1. The predicted octanol–water partition coefficient (Wildman–Crippen LogP) is 4.79. The van der Waals surface area contributed by atoms with Crippen molar-refractivity contribution in [3.8, 4) is 33.1 Å². The summed E-state index contributed by atoms with van der Waals surface area (Å²) >= 11 is 1.69. The van der Waals surface area contributed by atoms with Crippen molar-refractivity contribution in [2.75, 3.05) is 26.0 Å². The molecule has 1 amide bonds. The van der Waals surface area contributed by atoms with E-state index in [0.29, 0.717) is 12.2 Å². The maximum atomic E-state index is 12.2. The van der Waals surface area contributed by atoms with Crippen LogP contribution in [0, 0.1) is 0 Å². The Balaban J connectivity index is 1.38. The lowest BCUT2D eigenvalue weighted by Gasteiger charge is -2.10. The number of rotatable bonds is 6. The highest BCUT2D eigenvalue weighted by Crippen LogP contribution is 2.35. The van der Waals surface area contributed by atoms with E-state index in [1.165, 1.54) is 4.88 Å². The fourth-order valence-electron chi connectivity index (χ4n) is 4.22. The second-order valence-corrected chi connectivity index (χ2v) is 9.69. The number of pyridine rings is 3. The van der Waals surface area contributed by atoms with Crippen molar-refractivity contribution in [1.29, 1.82) is 0 Å². The predicted molar refractivity (Wildman–Crippen MR) is 143 cm³/mol. The first kappa shape index (κ1) is 22.1. The summed E-state index contributed by atoms with van der Waals surface area (Å²) in [5.74, 6) is -0.102. The molecule has 0 fully saturated rings. The molecular weight excluding hydrogens is 472 g/mol. The van der Waals surface area contributed by atoms with E-state index in [9.17, 15) is 4.79 Å². The van der Waals surface area contributed by atoms with E-state index >= 15 is 0 Å². The minimum absolute atomic E-state index is 0.102. The molecule has 0 unspecified atom stereocenters. The molecule has 10 heteroatoms. The van der Waals surface area contributed by atoms with Crippen molar-refractivity contribution in [2.24, 2.45) is 0 Å². The van der Waals surface area contributed by atoms with Crippen LogP contribution in [0.1, 0.15) is 0 Å². The molecule has 36 heavy (non-hydrogen) atoms. The zero-order valence-electron chi connectivity index (χ0n) is 19.6. The molecule has 0 spiro atoms. The molecular formula is C26H22N8OS. The second-order valence-electron chi connectivity index (χ2n) is 8.74. The van der Waals surface area contributed by atoms with Gasteiger partial charge in [0.15, 0.2) is 0 Å². The van der Waals surface area contributed by atoms with Crippen LogP contribution in [-0.4, -0.2) is 61.6 Å². The van der Waals surface area contributed by atoms with Crippen molar-refractivity contribution in [3.63, 3.8) is 0 Å². The normalized spacial score (nSPS) is 11.5. The lowest BCUT2D eigenvalue weighted by molar-refractivity contribution is -0.116. The van der Waals surface area contributed by atoms with Gasteiger partial charge in [0.1, 0.15) is 5.69 Å². The number of carbonyl (C=O) groups excluding carboxylic acids is 1. The number of anilines is 1. The first-order chi connectivity index (χ1) is 17.5. The molecule has 6 rings (SSSR count). The smallest absolute Gasteiger partial charge is 0.238 e. The van der Waals surface area contributed by atoms with E-state index in [-0.39, 0.29) is 5.91 Å². The van der Waals surface area contributed by atoms with Crippen LogP contribution in [0.25, 0.3) is 54.9 Å². The van der Waals surface area contributed by atoms with E-state index in [1.54, 1.807) is 29.9 Å². The van der Waals surface area contributed by atoms with Crippen LogP contribution >= 0.6 is 11.3 Å². The third kappa shape index (κ3) is 4.12. The first-order valence-corrected chi connectivity index (χ1v) is 12.2. The molecule has 178 valence electrons. The van der Waals surface area contributed by atoms with Crippen LogP contribution in [0.2, 0.25) is 0 Å². The number of aromatic nitrogens is 6. The SMILES string of the molecule is CN(C)CC(=O)Nc1cncc(-c2cc3c(-c4cc5c(-c6cccs6)cncc5[nH]4)n[nH]c3cn2)c1. The standard InChI is InChI=1S/C26H22N8OS/c1-34(2)14-25(35)30-16-6-15(9-27-10-16)20-8-18-23(13-29-20)32-33-26(18)21-7-17-19(24-4-3-5-36-24)11-28-12-22(17)31-21/h3-13,31H,14H2,1-2H3,(H,30,35)(H,32,33). The maximum absolute atomic E-state index is 12.2. The number of nitrogens with zero attached hydrogens (tertiary/aromatic N) is 5. The van der Waals surface area contributed by atoms with Crippen LogP contribution in [0.4, 0.5) is 5.69 Å². The number of likely N-dealkylation sites (N-methyl/N-ethyl adjacent to an activating group) is 1. The lowest BCUT2D eigenvalue weighted by Crippen LogP contribution is -2.27. The molecule has 3 N–H and O–H groups in total. The molecule has 6 heterocycles. The minimum Gasteiger partial charge on any atom is -0.352 e. The summed E-state index contributed by atoms with van der Waals surface area (Å²) in [6.07, 6.45) is 8.85. The average Bonchev–Trinajstić information content (AvgIpc) is 3.62. The molecule has 0 saturated carbocycles. The van der Waals surface area contributed by atoms with Gasteiger partial charge in [-0.15, -0.1) is 11.3 Å². The van der Waals surface area contributed by atoms with Crippen LogP contribution in [0.3, 0.4) is 0 Å². The van der Waals surface area contributed by atoms with Crippen molar-refractivity contribution >= 4 is 44.7 Å². The van der Waals surface area contributed by atoms with Crippen molar-refractivity contribution < 1.29 is 4.79 Å². The van der Waals surface area contributed by atoms with Crippen molar-refractivity contribution in [1.82, 2.24) is 35.0 Å². The molecule has 9 nitrogen and oxygen atoms in total. The van der Waals surface area contributed by atoms with Crippen LogP contribution in [0.15, 0.2) is 66.7 Å². The van der Waals surface area contributed by atoms with Gasteiger partial charge in [0.05, 0.1) is 53.2 Å². The van der Waals surface area contributed by atoms with E-state index in [0.717, 1.165) is 50.0 Å². The monoisotopic (exact) mass is 494 g/mol. The number of H-pyrrole nitrogens is 2. The number of hydrogen-bond donors (Lipinski definition) is 3. The number of hydrogen-bond acceptors (Lipinski definition) is 7. The molecule has 0 saturated heterocycles. The van der Waals surface area contributed by atoms with Gasteiger partial charge in [0.25, 0.3) is 0 Å². The van der Waals surface area contributed by atoms with Crippen LogP contribution in [-0.2, 0) is 4.79 Å². The largest absolute Gasteiger partial charge is 0.352 e. The van der Waals surface area contributed by atoms with Gasteiger partial charge < -0.3 is 15.2 Å². The number of carbonyl (C=O) groups is 1. The minimum atomic E-state index is -0.102. The highest BCUT2D eigenvalue weighted by Gasteiger charge is 2.16. The number of nitrogens with one attached hydrogen (secondary N) is 3. The van der Waals surface area contributed by atoms with Crippen molar-refractivity contribution in [2.45, 2.75) is 0 Å². The Morgan fingerprint density at radius 3 is 2.75 bits per heavy atom. The van der Waals surface area contributed by atoms with Gasteiger partial charge in [0, 0.05) is 39.2 Å². The van der Waals surface area contributed by atoms with Crippen LogP contribution < -0.4 is 5.32 Å². The summed E-state index contributed by atoms with van der Waals surface area (Å²) in [5, 5.41) is 14.6. The average molecular weight is 495 g/mol. The van der Waals surface area contributed by atoms with Gasteiger partial charge in [-0.25, -0.2) is 0 Å². The Kier molecular flexibility index (Phi) is 5.51. The van der Waals surface area contributed by atoms with Gasteiger partial charge in [-0.05, 0) is 43.7 Å². The lowest BCUT2D eigenvalue weighted by atomic mass is 10.1. The number of fused-ring (bicyclic) bond motifs is 2. The summed E-state index contributed by atoms with van der Waals surface area (Å²) in [7, 11) is 3.70. The first-order valence-electron chi connectivity index (χ1n) is 11.3. The highest BCUT2D eigenvalue weighted by molar-refractivity contribution is 7.13. The summed E-state index contributed by atoms with van der Waals surface area (Å²) in [4.78, 5) is 31.9. The quantitative estimate of drug-likeness (QED) is 0.307. The molecule has 0 atom stereocenters. The third-order valence-electron chi connectivity index (χ3n) is 5.81. The summed E-state index contributed by atoms with van der Waals surface area (Å²) in [5.41, 5.74) is 6.71. The van der Waals surface area contributed by atoms with Gasteiger partial charge in [0.2, 0.25) is 5.91 Å².